The van der Waals surface area contributed by atoms with Gasteiger partial charge in [-0.2, -0.15) is 0 Å². The zero-order valence-corrected chi connectivity index (χ0v) is 11.9. The van der Waals surface area contributed by atoms with E-state index >= 15 is 0 Å². The van der Waals surface area contributed by atoms with Crippen LogP contribution < -0.4 is 5.32 Å². The molecule has 0 radical (unpaired) electrons. The van der Waals surface area contributed by atoms with E-state index in [0.29, 0.717) is 28.6 Å². The van der Waals surface area contributed by atoms with E-state index in [0.717, 1.165) is 11.3 Å². The van der Waals surface area contributed by atoms with Crippen molar-refractivity contribution in [1.82, 2.24) is 9.97 Å². The molecule has 21 heavy (non-hydrogen) atoms. The summed E-state index contributed by atoms with van der Waals surface area (Å²) in [4.78, 5) is 20.6. The molecule has 0 aliphatic carbocycles. The van der Waals surface area contributed by atoms with Crippen molar-refractivity contribution in [3.63, 3.8) is 0 Å². The second kappa shape index (κ2) is 3.72. The number of nitrogens with one attached hydrogen (secondary N) is 1. The Balaban J connectivity index is 1.90. The molecule has 1 aromatic carbocycles. The number of aromatic nitrogens is 2. The lowest BCUT2D eigenvalue weighted by molar-refractivity contribution is -0.119. The molecule has 106 valence electrons. The third-order valence-corrected chi connectivity index (χ3v) is 3.86. The summed E-state index contributed by atoms with van der Waals surface area (Å²) in [7, 11) is 0. The van der Waals surface area contributed by atoms with E-state index in [-0.39, 0.29) is 5.91 Å². The van der Waals surface area contributed by atoms with E-state index in [2.05, 4.69) is 15.3 Å². The number of benzene rings is 1. The van der Waals surface area contributed by atoms with Gasteiger partial charge in [0.15, 0.2) is 17.2 Å². The molecule has 3 heterocycles. The van der Waals surface area contributed by atoms with Gasteiger partial charge in [-0.15, -0.1) is 0 Å². The van der Waals surface area contributed by atoms with Gasteiger partial charge in [0.2, 0.25) is 11.8 Å². The van der Waals surface area contributed by atoms with Gasteiger partial charge >= 0.3 is 0 Å². The lowest BCUT2D eigenvalue weighted by Gasteiger charge is -2.14. The van der Waals surface area contributed by atoms with Gasteiger partial charge < -0.3 is 14.2 Å². The highest BCUT2D eigenvalue weighted by atomic mass is 16.4. The second-order valence-corrected chi connectivity index (χ2v) is 5.72. The monoisotopic (exact) mass is 283 g/mol. The topological polar surface area (TPSA) is 81.2 Å². The minimum absolute atomic E-state index is 0.0162. The number of amides is 1. The van der Waals surface area contributed by atoms with E-state index in [4.69, 9.17) is 8.83 Å². The SMILES string of the molecule is Cc1nc(-c2nc3cc4c(cc3o2)NC(=O)C4(C)C)co1. The van der Waals surface area contributed by atoms with Crippen LogP contribution in [0.1, 0.15) is 25.3 Å². The quantitative estimate of drug-likeness (QED) is 0.742. The zero-order valence-electron chi connectivity index (χ0n) is 11.9. The third kappa shape index (κ3) is 1.62. The van der Waals surface area contributed by atoms with E-state index in [9.17, 15) is 4.79 Å². The van der Waals surface area contributed by atoms with Crippen LogP contribution in [0.2, 0.25) is 0 Å². The van der Waals surface area contributed by atoms with Gasteiger partial charge in [-0.1, -0.05) is 0 Å². The number of oxazole rings is 2. The summed E-state index contributed by atoms with van der Waals surface area (Å²) in [6, 6.07) is 3.70. The molecule has 3 aromatic rings. The minimum Gasteiger partial charge on any atom is -0.448 e. The summed E-state index contributed by atoms with van der Waals surface area (Å²) in [6.45, 7) is 5.54. The summed E-state index contributed by atoms with van der Waals surface area (Å²) in [5.74, 6) is 0.954. The number of hydrogen-bond donors (Lipinski definition) is 1. The Morgan fingerprint density at radius 2 is 2.05 bits per heavy atom. The van der Waals surface area contributed by atoms with Crippen LogP contribution >= 0.6 is 0 Å². The van der Waals surface area contributed by atoms with Crippen molar-refractivity contribution in [3.8, 4) is 11.6 Å². The second-order valence-electron chi connectivity index (χ2n) is 5.72. The third-order valence-electron chi connectivity index (χ3n) is 3.86. The number of hydrogen-bond acceptors (Lipinski definition) is 5. The molecule has 6 heteroatoms. The smallest absolute Gasteiger partial charge is 0.249 e. The normalized spacial score (nSPS) is 16.2. The molecule has 1 aliphatic heterocycles. The van der Waals surface area contributed by atoms with Crippen LogP contribution in [0.15, 0.2) is 27.2 Å². The summed E-state index contributed by atoms with van der Waals surface area (Å²) in [5, 5.41) is 2.87. The summed E-state index contributed by atoms with van der Waals surface area (Å²) in [5.41, 5.74) is 3.02. The standard InChI is InChI=1S/C15H13N3O3/c1-7-16-11(6-20-7)13-17-10-4-8-9(5-12(10)21-13)18-14(19)15(8,2)3/h4-6H,1-3H3,(H,18,19). The van der Waals surface area contributed by atoms with Crippen molar-refractivity contribution in [2.45, 2.75) is 26.2 Å². The summed E-state index contributed by atoms with van der Waals surface area (Å²) in [6.07, 6.45) is 1.51. The highest BCUT2D eigenvalue weighted by molar-refractivity contribution is 6.07. The van der Waals surface area contributed by atoms with Crippen LogP contribution in [0.5, 0.6) is 0 Å². The van der Waals surface area contributed by atoms with Crippen LogP contribution in [0, 0.1) is 6.92 Å². The first-order valence-electron chi connectivity index (χ1n) is 6.64. The number of carbonyl (C=O) groups is 1. The Morgan fingerprint density at radius 3 is 2.76 bits per heavy atom. The number of carbonyl (C=O) groups excluding carboxylic acids is 1. The van der Waals surface area contributed by atoms with Crippen LogP contribution in [0.4, 0.5) is 5.69 Å². The lowest BCUT2D eigenvalue weighted by Crippen LogP contribution is -2.26. The molecule has 4 rings (SSSR count). The van der Waals surface area contributed by atoms with Gasteiger partial charge in [-0.25, -0.2) is 9.97 Å². The van der Waals surface area contributed by atoms with Gasteiger partial charge in [0.1, 0.15) is 11.8 Å². The first-order valence-corrected chi connectivity index (χ1v) is 6.64. The lowest BCUT2D eigenvalue weighted by atomic mass is 9.86. The predicted octanol–water partition coefficient (Wildman–Crippen LogP) is 3.02. The molecule has 0 atom stereocenters. The number of nitrogens with zero attached hydrogens (tertiary/aromatic N) is 2. The van der Waals surface area contributed by atoms with Gasteiger partial charge in [0.25, 0.3) is 0 Å². The molecule has 1 N–H and O–H groups in total. The van der Waals surface area contributed by atoms with E-state index in [1.807, 2.05) is 19.9 Å². The van der Waals surface area contributed by atoms with Crippen molar-refractivity contribution < 1.29 is 13.6 Å². The first-order chi connectivity index (χ1) is 9.95. The Bertz CT molecular complexity index is 889. The first kappa shape index (κ1) is 12.1. The highest BCUT2D eigenvalue weighted by Gasteiger charge is 2.39. The molecule has 0 unspecified atom stereocenters. The molecule has 0 fully saturated rings. The van der Waals surface area contributed by atoms with Gasteiger partial charge in [0.05, 0.1) is 5.41 Å². The molecular weight excluding hydrogens is 270 g/mol. The Hall–Kier alpha value is -2.63. The van der Waals surface area contributed by atoms with Gasteiger partial charge in [-0.05, 0) is 25.5 Å². The summed E-state index contributed by atoms with van der Waals surface area (Å²) < 4.78 is 10.9. The fraction of sp³-hybridized carbons (Fsp3) is 0.267. The van der Waals surface area contributed by atoms with Crippen LogP contribution in [0.25, 0.3) is 22.7 Å². The van der Waals surface area contributed by atoms with Crippen molar-refractivity contribution in [2.24, 2.45) is 0 Å². The minimum atomic E-state index is -0.562. The molecule has 0 bridgehead atoms. The zero-order chi connectivity index (χ0) is 14.8. The summed E-state index contributed by atoms with van der Waals surface area (Å²) >= 11 is 0. The number of fused-ring (bicyclic) bond motifs is 2. The van der Waals surface area contributed by atoms with E-state index in [1.165, 1.54) is 6.26 Å². The van der Waals surface area contributed by atoms with Crippen LogP contribution in [-0.2, 0) is 10.2 Å². The van der Waals surface area contributed by atoms with Crippen molar-refractivity contribution in [1.29, 1.82) is 0 Å². The largest absolute Gasteiger partial charge is 0.448 e. The maximum absolute atomic E-state index is 12.0. The molecule has 1 aliphatic rings. The van der Waals surface area contributed by atoms with Crippen molar-refractivity contribution in [2.75, 3.05) is 5.32 Å². The van der Waals surface area contributed by atoms with Crippen LogP contribution in [-0.4, -0.2) is 15.9 Å². The molecule has 2 aromatic heterocycles. The van der Waals surface area contributed by atoms with E-state index < -0.39 is 5.41 Å². The molecule has 0 saturated carbocycles. The van der Waals surface area contributed by atoms with Crippen molar-refractivity contribution >= 4 is 22.7 Å². The highest BCUT2D eigenvalue weighted by Crippen LogP contribution is 2.40. The number of rotatable bonds is 1. The molecule has 6 nitrogen and oxygen atoms in total. The maximum Gasteiger partial charge on any atom is 0.249 e. The van der Waals surface area contributed by atoms with Crippen molar-refractivity contribution in [3.05, 3.63) is 29.9 Å². The fourth-order valence-corrected chi connectivity index (χ4v) is 2.57. The van der Waals surface area contributed by atoms with Crippen LogP contribution in [0.3, 0.4) is 0 Å². The number of aryl methyl sites for hydroxylation is 1. The fourth-order valence-electron chi connectivity index (χ4n) is 2.57. The molecule has 0 spiro atoms. The number of anilines is 1. The molecule has 0 saturated heterocycles. The van der Waals surface area contributed by atoms with E-state index in [1.54, 1.807) is 13.0 Å². The Kier molecular flexibility index (Phi) is 2.15. The predicted molar refractivity (Wildman–Crippen MR) is 75.9 cm³/mol. The average molecular weight is 283 g/mol. The molecular formula is C15H13N3O3. The Labute approximate surface area is 120 Å². The molecule has 1 amide bonds. The maximum atomic E-state index is 12.0. The van der Waals surface area contributed by atoms with Gasteiger partial charge in [0, 0.05) is 18.7 Å². The van der Waals surface area contributed by atoms with Gasteiger partial charge in [-0.3, -0.25) is 4.79 Å². The average Bonchev–Trinajstić information content (AvgIpc) is 3.07. The Morgan fingerprint density at radius 1 is 1.24 bits per heavy atom.